The summed E-state index contributed by atoms with van der Waals surface area (Å²) in [5.41, 5.74) is 1.94. The Morgan fingerprint density at radius 2 is 1.93 bits per heavy atom. The Labute approximate surface area is 179 Å². The number of carbonyl (C=O) groups excluding carboxylic acids is 2. The van der Waals surface area contributed by atoms with Crippen LogP contribution in [-0.2, 0) is 16.1 Å². The van der Waals surface area contributed by atoms with Crippen LogP contribution in [0.1, 0.15) is 42.3 Å². The zero-order chi connectivity index (χ0) is 20.8. The van der Waals surface area contributed by atoms with Gasteiger partial charge in [0.25, 0.3) is 0 Å². The number of ether oxygens (including phenoxy) is 1. The van der Waals surface area contributed by atoms with Crippen LogP contribution in [0.5, 0.6) is 0 Å². The highest BCUT2D eigenvalue weighted by Gasteiger charge is 2.31. The molecule has 0 radical (unpaired) electrons. The van der Waals surface area contributed by atoms with Gasteiger partial charge in [-0.05, 0) is 37.0 Å². The number of alkyl carbamates (subject to hydrolysis) is 1. The van der Waals surface area contributed by atoms with Crippen LogP contribution >= 0.6 is 11.3 Å². The molecule has 2 heterocycles. The number of hydrogen-bond donors (Lipinski definition) is 1. The molecule has 3 aromatic rings. The third-order valence-electron chi connectivity index (χ3n) is 5.22. The second-order valence-electron chi connectivity index (χ2n) is 7.36. The Hall–Kier alpha value is -2.93. The maximum Gasteiger partial charge on any atom is 0.407 e. The van der Waals surface area contributed by atoms with Gasteiger partial charge in [-0.25, -0.2) is 9.78 Å². The number of para-hydroxylation sites is 1. The Kier molecular flexibility index (Phi) is 6.59. The summed E-state index contributed by atoms with van der Waals surface area (Å²) in [6.45, 7) is 1.42. The summed E-state index contributed by atoms with van der Waals surface area (Å²) < 4.78 is 6.34. The summed E-state index contributed by atoms with van der Waals surface area (Å²) in [7, 11) is 0. The van der Waals surface area contributed by atoms with Crippen LogP contribution in [0, 0.1) is 0 Å². The van der Waals surface area contributed by atoms with Crippen molar-refractivity contribution in [2.45, 2.75) is 38.3 Å². The molecule has 1 unspecified atom stereocenters. The van der Waals surface area contributed by atoms with Gasteiger partial charge in [0.05, 0.1) is 16.3 Å². The van der Waals surface area contributed by atoms with Gasteiger partial charge in [-0.1, -0.05) is 42.5 Å². The first-order chi connectivity index (χ1) is 14.7. The van der Waals surface area contributed by atoms with Gasteiger partial charge in [-0.3, -0.25) is 4.79 Å². The molecule has 1 aromatic heterocycles. The first-order valence-corrected chi connectivity index (χ1v) is 11.1. The standard InChI is InChI=1S/C23H25N3O3S/c27-21(13-6-14-24-23(28)29-16-17-8-2-1-3-9-17)26-15-7-11-19(26)22-25-18-10-4-5-12-20(18)30-22/h1-5,8-10,12,19H,6-7,11,13-16H2,(H,24,28). The van der Waals surface area contributed by atoms with Crippen molar-refractivity contribution in [3.63, 3.8) is 0 Å². The van der Waals surface area contributed by atoms with Crippen LogP contribution in [0.3, 0.4) is 0 Å². The van der Waals surface area contributed by atoms with Gasteiger partial charge in [0.2, 0.25) is 5.91 Å². The molecule has 1 aliphatic heterocycles. The molecule has 1 saturated heterocycles. The van der Waals surface area contributed by atoms with E-state index < -0.39 is 6.09 Å². The topological polar surface area (TPSA) is 71.5 Å². The predicted octanol–water partition coefficient (Wildman–Crippen LogP) is 4.67. The fourth-order valence-electron chi connectivity index (χ4n) is 3.70. The Morgan fingerprint density at radius 1 is 1.13 bits per heavy atom. The van der Waals surface area contributed by atoms with E-state index in [0.717, 1.165) is 40.2 Å². The highest BCUT2D eigenvalue weighted by molar-refractivity contribution is 7.18. The van der Waals surface area contributed by atoms with Gasteiger partial charge in [0.15, 0.2) is 0 Å². The highest BCUT2D eigenvalue weighted by Crippen LogP contribution is 2.36. The molecule has 30 heavy (non-hydrogen) atoms. The average Bonchev–Trinajstić information content (AvgIpc) is 3.42. The molecule has 0 saturated carbocycles. The van der Waals surface area contributed by atoms with E-state index >= 15 is 0 Å². The van der Waals surface area contributed by atoms with E-state index in [2.05, 4.69) is 11.4 Å². The predicted molar refractivity (Wildman–Crippen MR) is 117 cm³/mol. The Balaban J connectivity index is 1.22. The number of rotatable bonds is 7. The molecule has 2 amide bonds. The molecule has 7 heteroatoms. The minimum absolute atomic E-state index is 0.0682. The lowest BCUT2D eigenvalue weighted by molar-refractivity contribution is -0.132. The number of aromatic nitrogens is 1. The number of likely N-dealkylation sites (tertiary alicyclic amines) is 1. The molecule has 1 fully saturated rings. The lowest BCUT2D eigenvalue weighted by Gasteiger charge is -2.23. The van der Waals surface area contributed by atoms with Crippen molar-refractivity contribution in [3.05, 3.63) is 65.2 Å². The Bertz CT molecular complexity index is 972. The normalized spacial score (nSPS) is 16.0. The van der Waals surface area contributed by atoms with E-state index in [4.69, 9.17) is 9.72 Å². The van der Waals surface area contributed by atoms with Crippen molar-refractivity contribution in [2.75, 3.05) is 13.1 Å². The van der Waals surface area contributed by atoms with E-state index in [9.17, 15) is 9.59 Å². The molecule has 1 aliphatic rings. The number of nitrogens with one attached hydrogen (secondary N) is 1. The van der Waals surface area contributed by atoms with Crippen molar-refractivity contribution < 1.29 is 14.3 Å². The van der Waals surface area contributed by atoms with Crippen LogP contribution in [0.2, 0.25) is 0 Å². The maximum absolute atomic E-state index is 12.8. The Morgan fingerprint density at radius 3 is 2.77 bits per heavy atom. The molecular weight excluding hydrogens is 398 g/mol. The fourth-order valence-corrected chi connectivity index (χ4v) is 4.82. The summed E-state index contributed by atoms with van der Waals surface area (Å²) >= 11 is 1.67. The minimum atomic E-state index is -0.458. The van der Waals surface area contributed by atoms with Crippen molar-refractivity contribution >= 4 is 33.6 Å². The van der Waals surface area contributed by atoms with Gasteiger partial charge in [-0.15, -0.1) is 11.3 Å². The summed E-state index contributed by atoms with van der Waals surface area (Å²) in [5.74, 6) is 0.121. The third kappa shape index (κ3) is 4.97. The molecule has 0 aliphatic carbocycles. The number of thiazole rings is 1. The SMILES string of the molecule is O=C(NCCCC(=O)N1CCCC1c1nc2ccccc2s1)OCc1ccccc1. The molecule has 1 N–H and O–H groups in total. The first kappa shape index (κ1) is 20.3. The van der Waals surface area contributed by atoms with Crippen LogP contribution in [0.4, 0.5) is 4.79 Å². The second kappa shape index (κ2) is 9.71. The van der Waals surface area contributed by atoms with E-state index in [1.807, 2.05) is 53.4 Å². The summed E-state index contributed by atoms with van der Waals surface area (Å²) in [5, 5.41) is 3.74. The molecule has 2 aromatic carbocycles. The van der Waals surface area contributed by atoms with Crippen LogP contribution in [-0.4, -0.2) is 35.0 Å². The molecule has 6 nitrogen and oxygen atoms in total. The van der Waals surface area contributed by atoms with E-state index in [1.165, 1.54) is 0 Å². The van der Waals surface area contributed by atoms with Crippen molar-refractivity contribution in [1.29, 1.82) is 0 Å². The summed E-state index contributed by atoms with van der Waals surface area (Å²) in [6, 6.07) is 17.7. The van der Waals surface area contributed by atoms with Gasteiger partial charge < -0.3 is 15.0 Å². The molecule has 4 rings (SSSR count). The number of hydrogen-bond acceptors (Lipinski definition) is 5. The summed E-state index contributed by atoms with van der Waals surface area (Å²) in [6.07, 6.45) is 2.48. The van der Waals surface area contributed by atoms with Crippen LogP contribution in [0.25, 0.3) is 10.2 Å². The lowest BCUT2D eigenvalue weighted by atomic mass is 10.2. The van der Waals surface area contributed by atoms with Crippen molar-refractivity contribution in [2.24, 2.45) is 0 Å². The molecule has 0 bridgehead atoms. The van der Waals surface area contributed by atoms with Gasteiger partial charge >= 0.3 is 6.09 Å². The fraction of sp³-hybridized carbons (Fsp3) is 0.348. The largest absolute Gasteiger partial charge is 0.445 e. The van der Waals surface area contributed by atoms with Gasteiger partial charge in [0.1, 0.15) is 11.6 Å². The number of amides is 2. The van der Waals surface area contributed by atoms with Gasteiger partial charge in [-0.2, -0.15) is 0 Å². The van der Waals surface area contributed by atoms with Crippen LogP contribution < -0.4 is 5.32 Å². The summed E-state index contributed by atoms with van der Waals surface area (Å²) in [4.78, 5) is 31.3. The minimum Gasteiger partial charge on any atom is -0.445 e. The maximum atomic E-state index is 12.8. The molecule has 1 atom stereocenters. The first-order valence-electron chi connectivity index (χ1n) is 10.3. The number of benzene rings is 2. The van der Waals surface area contributed by atoms with E-state index in [-0.39, 0.29) is 18.6 Å². The van der Waals surface area contributed by atoms with E-state index in [1.54, 1.807) is 11.3 Å². The number of fused-ring (bicyclic) bond motifs is 1. The second-order valence-corrected chi connectivity index (χ2v) is 8.42. The zero-order valence-corrected chi connectivity index (χ0v) is 17.6. The monoisotopic (exact) mass is 423 g/mol. The third-order valence-corrected chi connectivity index (χ3v) is 6.36. The molecule has 0 spiro atoms. The van der Waals surface area contributed by atoms with Gasteiger partial charge in [0, 0.05) is 19.5 Å². The van der Waals surface area contributed by atoms with E-state index in [0.29, 0.717) is 19.4 Å². The lowest BCUT2D eigenvalue weighted by Crippen LogP contribution is -2.31. The number of nitrogens with zero attached hydrogens (tertiary/aromatic N) is 2. The smallest absolute Gasteiger partial charge is 0.407 e. The van der Waals surface area contributed by atoms with Crippen LogP contribution in [0.15, 0.2) is 54.6 Å². The highest BCUT2D eigenvalue weighted by atomic mass is 32.1. The quantitative estimate of drug-likeness (QED) is 0.561. The van der Waals surface area contributed by atoms with Crippen molar-refractivity contribution in [1.82, 2.24) is 15.2 Å². The molecular formula is C23H25N3O3S. The average molecular weight is 424 g/mol. The van der Waals surface area contributed by atoms with Crippen molar-refractivity contribution in [3.8, 4) is 0 Å². The molecule has 156 valence electrons. The zero-order valence-electron chi connectivity index (χ0n) is 16.8. The number of carbonyl (C=O) groups is 2.